The van der Waals surface area contributed by atoms with Crippen LogP contribution in [-0.2, 0) is 19.3 Å². The number of halogens is 4. The predicted molar refractivity (Wildman–Crippen MR) is 91.8 cm³/mol. The van der Waals surface area contributed by atoms with Gasteiger partial charge in [-0.3, -0.25) is 4.90 Å². The van der Waals surface area contributed by atoms with E-state index in [2.05, 4.69) is 4.90 Å². The van der Waals surface area contributed by atoms with Crippen molar-refractivity contribution in [2.24, 2.45) is 0 Å². The molecule has 3 rings (SSSR count). The predicted octanol–water partition coefficient (Wildman–Crippen LogP) is 4.87. The Morgan fingerprint density at radius 1 is 1.00 bits per heavy atom. The van der Waals surface area contributed by atoms with Crippen molar-refractivity contribution in [3.63, 3.8) is 0 Å². The molecule has 1 fully saturated rings. The van der Waals surface area contributed by atoms with Crippen molar-refractivity contribution in [3.8, 4) is 0 Å². The quantitative estimate of drug-likeness (QED) is 0.774. The third kappa shape index (κ3) is 4.65. The van der Waals surface area contributed by atoms with Crippen LogP contribution in [0.3, 0.4) is 0 Å². The topological polar surface area (TPSA) is 29.3 Å². The van der Waals surface area contributed by atoms with Crippen LogP contribution in [0, 0.1) is 0 Å². The van der Waals surface area contributed by atoms with Gasteiger partial charge in [-0.2, -0.15) is 13.2 Å². The van der Waals surface area contributed by atoms with Crippen LogP contribution < -0.4 is 5.73 Å². The highest BCUT2D eigenvalue weighted by molar-refractivity contribution is 5.85. The summed E-state index contributed by atoms with van der Waals surface area (Å²) in [4.78, 5) is 2.11. The van der Waals surface area contributed by atoms with Crippen LogP contribution in [0.2, 0.25) is 0 Å². The summed E-state index contributed by atoms with van der Waals surface area (Å²) in [5, 5.41) is 0. The molecule has 1 saturated carbocycles. The molecule has 2 aromatic carbocycles. The number of nitrogen functional groups attached to an aromatic ring is 1. The number of hydrogen-bond acceptors (Lipinski definition) is 2. The zero-order valence-electron chi connectivity index (χ0n) is 13.1. The van der Waals surface area contributed by atoms with E-state index in [-0.39, 0.29) is 12.4 Å². The second kappa shape index (κ2) is 7.45. The van der Waals surface area contributed by atoms with Crippen molar-refractivity contribution in [2.75, 3.05) is 5.73 Å². The molecule has 24 heavy (non-hydrogen) atoms. The summed E-state index contributed by atoms with van der Waals surface area (Å²) in [5.41, 5.74) is 7.28. The fourth-order valence-corrected chi connectivity index (χ4v) is 2.83. The van der Waals surface area contributed by atoms with Gasteiger partial charge in [0.05, 0.1) is 5.56 Å². The monoisotopic (exact) mass is 356 g/mol. The molecule has 2 aromatic rings. The molecular formula is C18H20ClF3N2. The lowest BCUT2D eigenvalue weighted by Crippen LogP contribution is -2.26. The number of rotatable bonds is 5. The van der Waals surface area contributed by atoms with Gasteiger partial charge in [0, 0.05) is 24.8 Å². The Bertz CT molecular complexity index is 684. The van der Waals surface area contributed by atoms with Crippen LogP contribution in [0.15, 0.2) is 48.5 Å². The van der Waals surface area contributed by atoms with Gasteiger partial charge < -0.3 is 5.73 Å². The van der Waals surface area contributed by atoms with E-state index < -0.39 is 11.7 Å². The number of nitrogens with two attached hydrogens (primary N) is 1. The lowest BCUT2D eigenvalue weighted by atomic mass is 10.1. The molecule has 0 aromatic heterocycles. The molecule has 0 atom stereocenters. The maximum Gasteiger partial charge on any atom is 0.416 e. The fourth-order valence-electron chi connectivity index (χ4n) is 2.83. The second-order valence-corrected chi connectivity index (χ2v) is 6.04. The maximum atomic E-state index is 13.2. The number of alkyl halides is 3. The molecule has 0 heterocycles. The van der Waals surface area contributed by atoms with Gasteiger partial charge in [-0.25, -0.2) is 0 Å². The van der Waals surface area contributed by atoms with Crippen LogP contribution in [0.1, 0.15) is 29.5 Å². The molecule has 1 aliphatic carbocycles. The second-order valence-electron chi connectivity index (χ2n) is 6.04. The van der Waals surface area contributed by atoms with Gasteiger partial charge in [-0.1, -0.05) is 30.3 Å². The Balaban J connectivity index is 0.00000208. The largest absolute Gasteiger partial charge is 0.416 e. The van der Waals surface area contributed by atoms with E-state index in [1.807, 2.05) is 24.3 Å². The Morgan fingerprint density at radius 2 is 1.71 bits per heavy atom. The van der Waals surface area contributed by atoms with E-state index in [0.29, 0.717) is 30.4 Å². The van der Waals surface area contributed by atoms with Gasteiger partial charge in [0.1, 0.15) is 0 Å². The van der Waals surface area contributed by atoms with Crippen molar-refractivity contribution in [1.29, 1.82) is 0 Å². The highest BCUT2D eigenvalue weighted by Gasteiger charge is 2.35. The summed E-state index contributed by atoms with van der Waals surface area (Å²) in [7, 11) is 0. The minimum absolute atomic E-state index is 0. The first-order valence-corrected chi connectivity index (χ1v) is 7.67. The molecule has 0 unspecified atom stereocenters. The number of hydrogen-bond donors (Lipinski definition) is 1. The van der Waals surface area contributed by atoms with Gasteiger partial charge in [0.25, 0.3) is 0 Å². The molecule has 2 N–H and O–H groups in total. The first-order valence-electron chi connectivity index (χ1n) is 7.67. The van der Waals surface area contributed by atoms with Crippen molar-refractivity contribution >= 4 is 18.1 Å². The van der Waals surface area contributed by atoms with E-state index in [0.717, 1.165) is 24.5 Å². The molecular weight excluding hydrogens is 337 g/mol. The number of benzene rings is 2. The maximum absolute atomic E-state index is 13.2. The summed E-state index contributed by atoms with van der Waals surface area (Å²) < 4.78 is 39.5. The third-order valence-electron chi connectivity index (χ3n) is 4.10. The van der Waals surface area contributed by atoms with Crippen LogP contribution in [-0.4, -0.2) is 10.9 Å². The van der Waals surface area contributed by atoms with E-state index in [9.17, 15) is 13.2 Å². The minimum atomic E-state index is -4.32. The normalized spacial score (nSPS) is 14.5. The molecule has 0 bridgehead atoms. The van der Waals surface area contributed by atoms with Crippen molar-refractivity contribution < 1.29 is 13.2 Å². The van der Waals surface area contributed by atoms with Crippen LogP contribution in [0.25, 0.3) is 0 Å². The summed E-state index contributed by atoms with van der Waals surface area (Å²) in [5.74, 6) is 0. The molecule has 0 amide bonds. The van der Waals surface area contributed by atoms with E-state index in [1.165, 1.54) is 6.07 Å². The van der Waals surface area contributed by atoms with Crippen LogP contribution >= 0.6 is 12.4 Å². The SMILES string of the molecule is Cl.Nc1cccc(CN(Cc2ccccc2C(F)(F)F)C2CC2)c1. The zero-order valence-corrected chi connectivity index (χ0v) is 13.9. The lowest BCUT2D eigenvalue weighted by Gasteiger charge is -2.24. The smallest absolute Gasteiger partial charge is 0.399 e. The molecule has 6 heteroatoms. The van der Waals surface area contributed by atoms with Gasteiger partial charge in [0.2, 0.25) is 0 Å². The molecule has 1 aliphatic rings. The highest BCUT2D eigenvalue weighted by atomic mass is 35.5. The zero-order chi connectivity index (χ0) is 16.4. The van der Waals surface area contributed by atoms with Gasteiger partial charge in [-0.05, 0) is 42.2 Å². The Kier molecular flexibility index (Phi) is 5.78. The van der Waals surface area contributed by atoms with Crippen molar-refractivity contribution in [2.45, 2.75) is 38.1 Å². The van der Waals surface area contributed by atoms with Gasteiger partial charge in [0.15, 0.2) is 0 Å². The summed E-state index contributed by atoms with van der Waals surface area (Å²) in [6.45, 7) is 0.914. The van der Waals surface area contributed by atoms with Gasteiger partial charge >= 0.3 is 6.18 Å². The first kappa shape index (κ1) is 18.6. The molecule has 0 spiro atoms. The number of nitrogens with zero attached hydrogens (tertiary/aromatic N) is 1. The molecule has 2 nitrogen and oxygen atoms in total. The van der Waals surface area contributed by atoms with Crippen LogP contribution in [0.4, 0.5) is 18.9 Å². The van der Waals surface area contributed by atoms with Gasteiger partial charge in [-0.15, -0.1) is 12.4 Å². The fraction of sp³-hybridized carbons (Fsp3) is 0.333. The molecule has 0 aliphatic heterocycles. The summed E-state index contributed by atoms with van der Waals surface area (Å²) in [6, 6.07) is 13.7. The average Bonchev–Trinajstić information content (AvgIpc) is 3.31. The molecule has 0 saturated heterocycles. The lowest BCUT2D eigenvalue weighted by molar-refractivity contribution is -0.138. The highest BCUT2D eigenvalue weighted by Crippen LogP contribution is 2.35. The minimum Gasteiger partial charge on any atom is -0.399 e. The third-order valence-corrected chi connectivity index (χ3v) is 4.10. The van der Waals surface area contributed by atoms with Crippen molar-refractivity contribution in [3.05, 3.63) is 65.2 Å². The van der Waals surface area contributed by atoms with E-state index in [4.69, 9.17) is 5.73 Å². The Morgan fingerprint density at radius 3 is 2.33 bits per heavy atom. The summed E-state index contributed by atoms with van der Waals surface area (Å²) >= 11 is 0. The van der Waals surface area contributed by atoms with Crippen LogP contribution in [0.5, 0.6) is 0 Å². The molecule has 130 valence electrons. The average molecular weight is 357 g/mol. The Labute approximate surface area is 145 Å². The Hall–Kier alpha value is -1.72. The van der Waals surface area contributed by atoms with E-state index in [1.54, 1.807) is 12.1 Å². The standard InChI is InChI=1S/C18H19F3N2.ClH/c19-18(20,21)17-7-2-1-5-14(17)12-23(16-8-9-16)11-13-4-3-6-15(22)10-13;/h1-7,10,16H,8-9,11-12,22H2;1H. The first-order chi connectivity index (χ1) is 10.9. The summed E-state index contributed by atoms with van der Waals surface area (Å²) in [6.07, 6.45) is -2.24. The van der Waals surface area contributed by atoms with E-state index >= 15 is 0 Å². The number of anilines is 1. The van der Waals surface area contributed by atoms with Crippen molar-refractivity contribution in [1.82, 2.24) is 4.90 Å². The molecule has 0 radical (unpaired) electrons.